The molecular formula is C18H22BrN. The molecule has 0 saturated carbocycles. The molecule has 2 rings (SSSR count). The average Bonchev–Trinajstić information content (AvgIpc) is 2.41. The third-order valence-electron chi connectivity index (χ3n) is 3.73. The minimum atomic E-state index is 0.468. The summed E-state index contributed by atoms with van der Waals surface area (Å²) in [6.45, 7) is 7.55. The lowest BCUT2D eigenvalue weighted by molar-refractivity contribution is 0.543. The fourth-order valence-electron chi connectivity index (χ4n) is 2.45. The molecule has 106 valence electrons. The van der Waals surface area contributed by atoms with Crippen LogP contribution in [0.15, 0.2) is 46.9 Å². The van der Waals surface area contributed by atoms with E-state index in [0.717, 1.165) is 17.4 Å². The Hall–Kier alpha value is -1.12. The lowest BCUT2D eigenvalue weighted by atomic mass is 10.0. The van der Waals surface area contributed by atoms with E-state index in [2.05, 4.69) is 84.5 Å². The molecule has 1 atom stereocenters. The quantitative estimate of drug-likeness (QED) is 0.830. The van der Waals surface area contributed by atoms with Gasteiger partial charge in [0.2, 0.25) is 0 Å². The Morgan fingerprint density at radius 2 is 1.60 bits per heavy atom. The smallest absolute Gasteiger partial charge is 0.0213 e. The largest absolute Gasteiger partial charge is 0.310 e. The molecule has 0 aromatic heterocycles. The molecule has 0 aliphatic heterocycles. The fourth-order valence-corrected chi connectivity index (χ4v) is 2.71. The number of hydrogen-bond donors (Lipinski definition) is 1. The minimum absolute atomic E-state index is 0.468. The standard InChI is InChI=1S/C18H22BrN/c1-13-5-4-6-14(2)18(13)12-20-15(3)11-16-7-9-17(19)10-8-16/h4-10,15,20H,11-12H2,1-3H3. The molecule has 2 heteroatoms. The number of halogens is 1. The van der Waals surface area contributed by atoms with Gasteiger partial charge in [-0.2, -0.15) is 0 Å². The van der Waals surface area contributed by atoms with E-state index in [9.17, 15) is 0 Å². The van der Waals surface area contributed by atoms with Crippen LogP contribution in [0.25, 0.3) is 0 Å². The van der Waals surface area contributed by atoms with Crippen molar-refractivity contribution in [3.8, 4) is 0 Å². The van der Waals surface area contributed by atoms with E-state index in [4.69, 9.17) is 0 Å². The van der Waals surface area contributed by atoms with E-state index in [0.29, 0.717) is 6.04 Å². The second-order valence-corrected chi connectivity index (χ2v) is 6.40. The maximum absolute atomic E-state index is 3.63. The highest BCUT2D eigenvalue weighted by Gasteiger charge is 2.06. The molecule has 0 fully saturated rings. The molecule has 0 aliphatic carbocycles. The van der Waals surface area contributed by atoms with Crippen LogP contribution in [-0.4, -0.2) is 6.04 Å². The maximum atomic E-state index is 3.63. The average molecular weight is 332 g/mol. The van der Waals surface area contributed by atoms with Crippen LogP contribution in [0.5, 0.6) is 0 Å². The molecule has 1 N–H and O–H groups in total. The summed E-state index contributed by atoms with van der Waals surface area (Å²) < 4.78 is 1.14. The van der Waals surface area contributed by atoms with Crippen molar-refractivity contribution in [3.05, 3.63) is 69.2 Å². The summed E-state index contributed by atoms with van der Waals surface area (Å²) in [5.41, 5.74) is 5.53. The van der Waals surface area contributed by atoms with Gasteiger partial charge in [-0.15, -0.1) is 0 Å². The van der Waals surface area contributed by atoms with E-state index in [1.54, 1.807) is 0 Å². The Morgan fingerprint density at radius 3 is 2.20 bits per heavy atom. The first-order valence-electron chi connectivity index (χ1n) is 7.09. The van der Waals surface area contributed by atoms with Crippen molar-refractivity contribution < 1.29 is 0 Å². The minimum Gasteiger partial charge on any atom is -0.310 e. The van der Waals surface area contributed by atoms with Gasteiger partial charge in [0, 0.05) is 17.1 Å². The highest BCUT2D eigenvalue weighted by Crippen LogP contribution is 2.14. The van der Waals surface area contributed by atoms with Crippen molar-refractivity contribution in [1.29, 1.82) is 0 Å². The molecule has 1 unspecified atom stereocenters. The molecule has 0 radical (unpaired) electrons. The third-order valence-corrected chi connectivity index (χ3v) is 4.26. The first kappa shape index (κ1) is 15.3. The van der Waals surface area contributed by atoms with Crippen molar-refractivity contribution in [2.24, 2.45) is 0 Å². The number of benzene rings is 2. The molecule has 0 heterocycles. The predicted molar refractivity (Wildman–Crippen MR) is 90.1 cm³/mol. The lowest BCUT2D eigenvalue weighted by Crippen LogP contribution is -2.28. The Bertz CT molecular complexity index is 540. The van der Waals surface area contributed by atoms with Gasteiger partial charge in [-0.05, 0) is 61.6 Å². The molecule has 2 aromatic rings. The van der Waals surface area contributed by atoms with Crippen molar-refractivity contribution in [3.63, 3.8) is 0 Å². The van der Waals surface area contributed by atoms with Gasteiger partial charge in [0.15, 0.2) is 0 Å². The normalized spacial score (nSPS) is 12.4. The molecule has 0 saturated heterocycles. The van der Waals surface area contributed by atoms with Gasteiger partial charge in [-0.1, -0.05) is 46.3 Å². The molecular weight excluding hydrogens is 310 g/mol. The Labute approximate surface area is 130 Å². The molecule has 20 heavy (non-hydrogen) atoms. The van der Waals surface area contributed by atoms with Gasteiger partial charge < -0.3 is 5.32 Å². The van der Waals surface area contributed by atoms with E-state index in [1.807, 2.05) is 0 Å². The number of hydrogen-bond acceptors (Lipinski definition) is 1. The zero-order valence-corrected chi connectivity index (χ0v) is 14.0. The van der Waals surface area contributed by atoms with Gasteiger partial charge in [-0.3, -0.25) is 0 Å². The molecule has 0 aliphatic rings. The molecule has 2 aromatic carbocycles. The zero-order chi connectivity index (χ0) is 14.5. The zero-order valence-electron chi connectivity index (χ0n) is 12.4. The van der Waals surface area contributed by atoms with Crippen LogP contribution < -0.4 is 5.32 Å². The topological polar surface area (TPSA) is 12.0 Å². The van der Waals surface area contributed by atoms with Crippen LogP contribution >= 0.6 is 15.9 Å². The molecule has 0 bridgehead atoms. The van der Waals surface area contributed by atoms with Crippen LogP contribution in [0.3, 0.4) is 0 Å². The molecule has 1 nitrogen and oxygen atoms in total. The summed E-state index contributed by atoms with van der Waals surface area (Å²) in [6.07, 6.45) is 1.05. The van der Waals surface area contributed by atoms with Crippen LogP contribution in [0, 0.1) is 13.8 Å². The van der Waals surface area contributed by atoms with Gasteiger partial charge >= 0.3 is 0 Å². The number of rotatable bonds is 5. The molecule has 0 spiro atoms. The summed E-state index contributed by atoms with van der Waals surface area (Å²) in [4.78, 5) is 0. The maximum Gasteiger partial charge on any atom is 0.0213 e. The van der Waals surface area contributed by atoms with Crippen molar-refractivity contribution >= 4 is 15.9 Å². The van der Waals surface area contributed by atoms with E-state index in [1.165, 1.54) is 22.3 Å². The van der Waals surface area contributed by atoms with Crippen LogP contribution in [0.2, 0.25) is 0 Å². The summed E-state index contributed by atoms with van der Waals surface area (Å²) in [5, 5.41) is 3.63. The fraction of sp³-hybridized carbons (Fsp3) is 0.333. The summed E-state index contributed by atoms with van der Waals surface area (Å²) in [6, 6.07) is 15.5. The van der Waals surface area contributed by atoms with Gasteiger partial charge in [-0.25, -0.2) is 0 Å². The predicted octanol–water partition coefficient (Wildman–Crippen LogP) is 4.79. The van der Waals surface area contributed by atoms with E-state index in [-0.39, 0.29) is 0 Å². The number of nitrogens with one attached hydrogen (secondary N) is 1. The monoisotopic (exact) mass is 331 g/mol. The van der Waals surface area contributed by atoms with Gasteiger partial charge in [0.1, 0.15) is 0 Å². The summed E-state index contributed by atoms with van der Waals surface area (Å²) >= 11 is 3.47. The van der Waals surface area contributed by atoms with E-state index >= 15 is 0 Å². The van der Waals surface area contributed by atoms with Gasteiger partial charge in [0.05, 0.1) is 0 Å². The highest BCUT2D eigenvalue weighted by molar-refractivity contribution is 9.10. The Morgan fingerprint density at radius 1 is 1.00 bits per heavy atom. The van der Waals surface area contributed by atoms with Crippen LogP contribution in [-0.2, 0) is 13.0 Å². The van der Waals surface area contributed by atoms with E-state index < -0.39 is 0 Å². The highest BCUT2D eigenvalue weighted by atomic mass is 79.9. The lowest BCUT2D eigenvalue weighted by Gasteiger charge is -2.16. The Kier molecular flexibility index (Phi) is 5.38. The first-order valence-corrected chi connectivity index (χ1v) is 7.88. The van der Waals surface area contributed by atoms with Crippen molar-refractivity contribution in [1.82, 2.24) is 5.32 Å². The van der Waals surface area contributed by atoms with Crippen molar-refractivity contribution in [2.45, 2.75) is 39.8 Å². The SMILES string of the molecule is Cc1cccc(C)c1CNC(C)Cc1ccc(Br)cc1. The van der Waals surface area contributed by atoms with Gasteiger partial charge in [0.25, 0.3) is 0 Å². The number of aryl methyl sites for hydroxylation is 2. The first-order chi connectivity index (χ1) is 9.56. The van der Waals surface area contributed by atoms with Crippen molar-refractivity contribution in [2.75, 3.05) is 0 Å². The second-order valence-electron chi connectivity index (χ2n) is 5.48. The second kappa shape index (κ2) is 7.05. The summed E-state index contributed by atoms with van der Waals surface area (Å²) in [5.74, 6) is 0. The van der Waals surface area contributed by atoms with Crippen LogP contribution in [0.1, 0.15) is 29.2 Å². The molecule has 0 amide bonds. The summed E-state index contributed by atoms with van der Waals surface area (Å²) in [7, 11) is 0. The van der Waals surface area contributed by atoms with Crippen LogP contribution in [0.4, 0.5) is 0 Å². The third kappa shape index (κ3) is 4.19. The Balaban J connectivity index is 1.92.